The third-order valence-corrected chi connectivity index (χ3v) is 2.31. The monoisotopic (exact) mass is 197 g/mol. The molecule has 2 nitrogen and oxygen atoms in total. The Morgan fingerprint density at radius 3 is 2.77 bits per heavy atom. The van der Waals surface area contributed by atoms with Crippen molar-refractivity contribution in [3.05, 3.63) is 34.3 Å². The van der Waals surface area contributed by atoms with Crippen LogP contribution in [0.3, 0.4) is 0 Å². The van der Waals surface area contributed by atoms with Gasteiger partial charge in [-0.25, -0.2) is 0 Å². The molecule has 1 atom stereocenters. The van der Waals surface area contributed by atoms with Crippen LogP contribution in [-0.4, -0.2) is 13.3 Å². The Balaban J connectivity index is 3.15. The number of nitrogens with one attached hydrogen (secondary N) is 1. The first-order chi connectivity index (χ1) is 6.19. The van der Waals surface area contributed by atoms with Gasteiger partial charge >= 0.3 is 0 Å². The van der Waals surface area contributed by atoms with Crippen molar-refractivity contribution < 1.29 is 4.79 Å². The van der Waals surface area contributed by atoms with Gasteiger partial charge in [0.15, 0.2) is 0 Å². The quantitative estimate of drug-likeness (QED) is 0.755. The van der Waals surface area contributed by atoms with Crippen LogP contribution < -0.4 is 5.32 Å². The Labute approximate surface area is 82.9 Å². The molecule has 70 valence electrons. The zero-order chi connectivity index (χ0) is 9.84. The van der Waals surface area contributed by atoms with E-state index in [1.165, 1.54) is 0 Å². The lowest BCUT2D eigenvalue weighted by Gasteiger charge is -2.12. The van der Waals surface area contributed by atoms with E-state index in [-0.39, 0.29) is 6.04 Å². The minimum Gasteiger partial charge on any atom is -0.313 e. The molecule has 0 amide bonds. The van der Waals surface area contributed by atoms with Crippen molar-refractivity contribution in [2.24, 2.45) is 0 Å². The molecule has 1 rings (SSSR count). The minimum atomic E-state index is 0.138. The zero-order valence-electron chi connectivity index (χ0n) is 7.67. The van der Waals surface area contributed by atoms with E-state index in [2.05, 4.69) is 5.32 Å². The van der Waals surface area contributed by atoms with E-state index in [1.807, 2.05) is 20.0 Å². The van der Waals surface area contributed by atoms with Crippen LogP contribution in [0.25, 0.3) is 0 Å². The van der Waals surface area contributed by atoms with Crippen molar-refractivity contribution in [2.45, 2.75) is 13.0 Å². The highest BCUT2D eigenvalue weighted by Crippen LogP contribution is 2.20. The summed E-state index contributed by atoms with van der Waals surface area (Å²) < 4.78 is 0. The van der Waals surface area contributed by atoms with E-state index < -0.39 is 0 Å². The molecular formula is C10H12ClNO. The molecule has 1 aromatic rings. The predicted molar refractivity (Wildman–Crippen MR) is 54.3 cm³/mol. The van der Waals surface area contributed by atoms with E-state index in [0.29, 0.717) is 10.6 Å². The number of hydrogen-bond donors (Lipinski definition) is 1. The Kier molecular flexibility index (Phi) is 3.46. The molecule has 0 saturated carbocycles. The first-order valence-electron chi connectivity index (χ1n) is 4.11. The van der Waals surface area contributed by atoms with Gasteiger partial charge in [-0.1, -0.05) is 11.6 Å². The average Bonchev–Trinajstić information content (AvgIpc) is 2.16. The van der Waals surface area contributed by atoms with E-state index in [1.54, 1.807) is 12.1 Å². The van der Waals surface area contributed by atoms with Crippen molar-refractivity contribution in [2.75, 3.05) is 7.05 Å². The summed E-state index contributed by atoms with van der Waals surface area (Å²) in [5.41, 5.74) is 1.62. The van der Waals surface area contributed by atoms with Gasteiger partial charge < -0.3 is 5.32 Å². The second kappa shape index (κ2) is 4.40. The number of rotatable bonds is 3. The standard InChI is InChI=1S/C10H12ClNO/c1-7(12-2)10-5-9(11)4-3-8(10)6-13/h3-7,12H,1-2H3. The van der Waals surface area contributed by atoms with Gasteiger partial charge in [-0.05, 0) is 37.7 Å². The smallest absolute Gasteiger partial charge is 0.150 e. The summed E-state index contributed by atoms with van der Waals surface area (Å²) in [5, 5.41) is 3.72. The summed E-state index contributed by atoms with van der Waals surface area (Å²) in [4.78, 5) is 10.7. The van der Waals surface area contributed by atoms with Crippen LogP contribution in [0.15, 0.2) is 18.2 Å². The maximum Gasteiger partial charge on any atom is 0.150 e. The topological polar surface area (TPSA) is 29.1 Å². The molecule has 1 N–H and O–H groups in total. The van der Waals surface area contributed by atoms with Gasteiger partial charge in [0, 0.05) is 16.6 Å². The second-order valence-electron chi connectivity index (χ2n) is 2.90. The molecule has 0 saturated heterocycles. The first kappa shape index (κ1) is 10.2. The molecule has 0 aliphatic carbocycles. The Bertz CT molecular complexity index is 312. The molecule has 0 aromatic heterocycles. The van der Waals surface area contributed by atoms with Gasteiger partial charge in [0.05, 0.1) is 0 Å². The van der Waals surface area contributed by atoms with Crippen LogP contribution in [0.4, 0.5) is 0 Å². The lowest BCUT2D eigenvalue weighted by atomic mass is 10.0. The molecule has 0 aliphatic heterocycles. The zero-order valence-corrected chi connectivity index (χ0v) is 8.43. The maximum atomic E-state index is 10.7. The number of carbonyl (C=O) groups excluding carboxylic acids is 1. The number of halogens is 1. The number of hydrogen-bond acceptors (Lipinski definition) is 2. The predicted octanol–water partition coefficient (Wildman–Crippen LogP) is 2.43. The van der Waals surface area contributed by atoms with Gasteiger partial charge in [0.1, 0.15) is 6.29 Å². The fraction of sp³-hybridized carbons (Fsp3) is 0.300. The van der Waals surface area contributed by atoms with Crippen molar-refractivity contribution in [3.8, 4) is 0 Å². The molecular weight excluding hydrogens is 186 g/mol. The molecule has 0 radical (unpaired) electrons. The Morgan fingerprint density at radius 2 is 2.23 bits per heavy atom. The molecule has 1 unspecified atom stereocenters. The van der Waals surface area contributed by atoms with E-state index in [4.69, 9.17) is 11.6 Å². The first-order valence-corrected chi connectivity index (χ1v) is 4.48. The summed E-state index contributed by atoms with van der Waals surface area (Å²) in [6, 6.07) is 5.40. The summed E-state index contributed by atoms with van der Waals surface area (Å²) in [7, 11) is 1.85. The van der Waals surface area contributed by atoms with Gasteiger partial charge in [-0.15, -0.1) is 0 Å². The molecule has 0 aliphatic rings. The van der Waals surface area contributed by atoms with Crippen LogP contribution in [0.5, 0.6) is 0 Å². The number of carbonyl (C=O) groups is 1. The highest BCUT2D eigenvalue weighted by molar-refractivity contribution is 6.30. The molecule has 0 bridgehead atoms. The van der Waals surface area contributed by atoms with Gasteiger partial charge in [-0.2, -0.15) is 0 Å². The molecule has 1 aromatic carbocycles. The van der Waals surface area contributed by atoms with Crippen LogP contribution in [0.1, 0.15) is 28.9 Å². The molecule has 0 heterocycles. The lowest BCUT2D eigenvalue weighted by Crippen LogP contribution is -2.14. The highest BCUT2D eigenvalue weighted by Gasteiger charge is 2.08. The second-order valence-corrected chi connectivity index (χ2v) is 3.34. The number of aldehydes is 1. The van der Waals surface area contributed by atoms with Crippen LogP contribution in [-0.2, 0) is 0 Å². The molecule has 13 heavy (non-hydrogen) atoms. The average molecular weight is 198 g/mol. The van der Waals surface area contributed by atoms with Crippen LogP contribution in [0, 0.1) is 0 Å². The van der Waals surface area contributed by atoms with Crippen molar-refractivity contribution in [1.29, 1.82) is 0 Å². The summed E-state index contributed by atoms with van der Waals surface area (Å²) >= 11 is 5.83. The van der Waals surface area contributed by atoms with E-state index in [0.717, 1.165) is 11.8 Å². The van der Waals surface area contributed by atoms with Crippen molar-refractivity contribution >= 4 is 17.9 Å². The van der Waals surface area contributed by atoms with Crippen molar-refractivity contribution in [3.63, 3.8) is 0 Å². The van der Waals surface area contributed by atoms with Crippen LogP contribution >= 0.6 is 11.6 Å². The molecule has 0 spiro atoms. The van der Waals surface area contributed by atoms with Gasteiger partial charge in [-0.3, -0.25) is 4.79 Å². The minimum absolute atomic E-state index is 0.138. The lowest BCUT2D eigenvalue weighted by molar-refractivity contribution is 0.112. The van der Waals surface area contributed by atoms with Gasteiger partial charge in [0.25, 0.3) is 0 Å². The maximum absolute atomic E-state index is 10.7. The fourth-order valence-corrected chi connectivity index (χ4v) is 1.36. The number of benzene rings is 1. The van der Waals surface area contributed by atoms with E-state index in [9.17, 15) is 4.79 Å². The summed E-state index contributed by atoms with van der Waals surface area (Å²) in [6.07, 6.45) is 0.847. The highest BCUT2D eigenvalue weighted by atomic mass is 35.5. The normalized spacial score (nSPS) is 12.5. The third-order valence-electron chi connectivity index (χ3n) is 2.08. The molecule has 0 fully saturated rings. The summed E-state index contributed by atoms with van der Waals surface area (Å²) in [6.45, 7) is 1.98. The van der Waals surface area contributed by atoms with E-state index >= 15 is 0 Å². The third kappa shape index (κ3) is 2.29. The largest absolute Gasteiger partial charge is 0.313 e. The summed E-state index contributed by atoms with van der Waals surface area (Å²) in [5.74, 6) is 0. The SMILES string of the molecule is CNC(C)c1cc(Cl)ccc1C=O. The van der Waals surface area contributed by atoms with Crippen LogP contribution in [0.2, 0.25) is 5.02 Å². The Hall–Kier alpha value is -0.860. The van der Waals surface area contributed by atoms with Crippen molar-refractivity contribution in [1.82, 2.24) is 5.32 Å². The molecule has 3 heteroatoms. The Morgan fingerprint density at radius 1 is 1.54 bits per heavy atom. The van der Waals surface area contributed by atoms with Gasteiger partial charge in [0.2, 0.25) is 0 Å². The fourth-order valence-electron chi connectivity index (χ4n) is 1.18.